The summed E-state index contributed by atoms with van der Waals surface area (Å²) in [6.45, 7) is 3.58. The lowest BCUT2D eigenvalue weighted by Gasteiger charge is -2.22. The van der Waals surface area contributed by atoms with E-state index in [1.807, 2.05) is 31.2 Å². The van der Waals surface area contributed by atoms with E-state index in [0.29, 0.717) is 11.1 Å². The summed E-state index contributed by atoms with van der Waals surface area (Å²) in [4.78, 5) is 36.6. The minimum atomic E-state index is -1.15. The van der Waals surface area contributed by atoms with Crippen LogP contribution in [0.3, 0.4) is 0 Å². The van der Waals surface area contributed by atoms with E-state index < -0.39 is 16.5 Å². The normalized spacial score (nSPS) is 19.8. The summed E-state index contributed by atoms with van der Waals surface area (Å²) in [6, 6.07) is 12.8. The third-order valence-electron chi connectivity index (χ3n) is 4.37. The topological polar surface area (TPSA) is 92.6 Å². The maximum atomic E-state index is 12.9. The number of amides is 3. The number of nitrogens with one attached hydrogen (secondary N) is 1. The van der Waals surface area contributed by atoms with E-state index >= 15 is 0 Å². The van der Waals surface area contributed by atoms with Gasteiger partial charge in [-0.1, -0.05) is 42.0 Å². The Hall–Kier alpha value is -3.22. The van der Waals surface area contributed by atoms with Crippen LogP contribution >= 0.6 is 0 Å². The van der Waals surface area contributed by atoms with Crippen LogP contribution < -0.4 is 5.32 Å². The molecule has 1 fully saturated rings. The summed E-state index contributed by atoms with van der Waals surface area (Å²) < 4.78 is 0. The summed E-state index contributed by atoms with van der Waals surface area (Å²) >= 11 is 0. The largest absolute Gasteiger partial charge is 0.325 e. The number of carbonyl (C=O) groups excluding carboxylic acids is 2. The molecule has 0 bridgehead atoms. The van der Waals surface area contributed by atoms with Crippen LogP contribution in [0.2, 0.25) is 0 Å². The third kappa shape index (κ3) is 2.96. The lowest BCUT2D eigenvalue weighted by molar-refractivity contribution is -0.384. The molecule has 0 radical (unpaired) electrons. The van der Waals surface area contributed by atoms with Crippen LogP contribution in [0, 0.1) is 17.0 Å². The lowest BCUT2D eigenvalue weighted by atomic mass is 9.91. The van der Waals surface area contributed by atoms with E-state index in [1.54, 1.807) is 13.0 Å². The molecule has 1 aliphatic heterocycles. The number of benzene rings is 2. The fourth-order valence-corrected chi connectivity index (χ4v) is 2.87. The van der Waals surface area contributed by atoms with Crippen LogP contribution in [-0.2, 0) is 16.9 Å². The molecule has 0 saturated carbocycles. The quantitative estimate of drug-likeness (QED) is 0.526. The van der Waals surface area contributed by atoms with E-state index in [4.69, 9.17) is 0 Å². The average molecular weight is 339 g/mol. The molecule has 1 N–H and O–H groups in total. The number of nitro groups is 1. The van der Waals surface area contributed by atoms with Crippen molar-refractivity contribution in [3.63, 3.8) is 0 Å². The fraction of sp³-hybridized carbons (Fsp3) is 0.222. The summed E-state index contributed by atoms with van der Waals surface area (Å²) in [6.07, 6.45) is 0. The van der Waals surface area contributed by atoms with Gasteiger partial charge in [0.15, 0.2) is 0 Å². The first-order valence-corrected chi connectivity index (χ1v) is 7.76. The molecule has 1 unspecified atom stereocenters. The number of rotatable bonds is 4. The number of aryl methyl sites for hydroxylation is 1. The highest BCUT2D eigenvalue weighted by Crippen LogP contribution is 2.30. The first kappa shape index (κ1) is 16.6. The number of nitrogens with zero attached hydrogens (tertiary/aromatic N) is 2. The summed E-state index contributed by atoms with van der Waals surface area (Å²) in [5.41, 5.74) is 1.04. The monoisotopic (exact) mass is 339 g/mol. The van der Waals surface area contributed by atoms with Crippen molar-refractivity contribution in [2.24, 2.45) is 0 Å². The van der Waals surface area contributed by atoms with Gasteiger partial charge in [-0.3, -0.25) is 19.8 Å². The standard InChI is InChI=1S/C18H17N3O4/c1-12-6-8-14(9-7-12)18(2)16(22)20(17(23)19-18)11-13-4-3-5-15(10-13)21(24)25/h3-10H,11H2,1-2H3,(H,19,23). The molecule has 128 valence electrons. The van der Waals surface area contributed by atoms with Crippen LogP contribution in [0.5, 0.6) is 0 Å². The van der Waals surface area contributed by atoms with Crippen molar-refractivity contribution in [1.82, 2.24) is 10.2 Å². The molecule has 7 heteroatoms. The van der Waals surface area contributed by atoms with Gasteiger partial charge < -0.3 is 5.32 Å². The van der Waals surface area contributed by atoms with Crippen molar-refractivity contribution < 1.29 is 14.5 Å². The lowest BCUT2D eigenvalue weighted by Crippen LogP contribution is -2.40. The molecular formula is C18H17N3O4. The van der Waals surface area contributed by atoms with Crippen LogP contribution in [0.4, 0.5) is 10.5 Å². The van der Waals surface area contributed by atoms with E-state index in [9.17, 15) is 19.7 Å². The van der Waals surface area contributed by atoms with Gasteiger partial charge in [0.1, 0.15) is 5.54 Å². The molecule has 7 nitrogen and oxygen atoms in total. The molecule has 2 aromatic rings. The Labute approximate surface area is 144 Å². The van der Waals surface area contributed by atoms with Crippen LogP contribution in [0.1, 0.15) is 23.6 Å². The Bertz CT molecular complexity index is 863. The summed E-state index contributed by atoms with van der Waals surface area (Å²) in [5, 5.41) is 13.6. The maximum absolute atomic E-state index is 12.9. The Morgan fingerprint density at radius 3 is 2.48 bits per heavy atom. The average Bonchev–Trinajstić information content (AvgIpc) is 2.80. The SMILES string of the molecule is Cc1ccc(C2(C)NC(=O)N(Cc3cccc([N+](=O)[O-])c3)C2=O)cc1. The number of non-ortho nitro benzene ring substituents is 1. The number of carbonyl (C=O) groups is 2. The highest BCUT2D eigenvalue weighted by Gasteiger charge is 2.48. The molecule has 3 rings (SSSR count). The van der Waals surface area contributed by atoms with Gasteiger partial charge in [-0.25, -0.2) is 4.79 Å². The van der Waals surface area contributed by atoms with E-state index in [2.05, 4.69) is 5.32 Å². The number of hydrogen-bond donors (Lipinski definition) is 1. The van der Waals surface area contributed by atoms with Crippen molar-refractivity contribution in [1.29, 1.82) is 0 Å². The van der Waals surface area contributed by atoms with E-state index in [0.717, 1.165) is 10.5 Å². The highest BCUT2D eigenvalue weighted by atomic mass is 16.6. The zero-order chi connectivity index (χ0) is 18.2. The first-order valence-electron chi connectivity index (χ1n) is 7.76. The van der Waals surface area contributed by atoms with Crippen LogP contribution in [0.25, 0.3) is 0 Å². The minimum Gasteiger partial charge on any atom is -0.319 e. The van der Waals surface area contributed by atoms with Crippen LogP contribution in [0.15, 0.2) is 48.5 Å². The molecule has 1 saturated heterocycles. The first-order chi connectivity index (χ1) is 11.8. The Balaban J connectivity index is 1.88. The van der Waals surface area contributed by atoms with Crippen molar-refractivity contribution >= 4 is 17.6 Å². The molecule has 1 heterocycles. The predicted octanol–water partition coefficient (Wildman–Crippen LogP) is 2.87. The number of hydrogen-bond acceptors (Lipinski definition) is 4. The zero-order valence-electron chi connectivity index (χ0n) is 13.9. The molecular weight excluding hydrogens is 322 g/mol. The highest BCUT2D eigenvalue weighted by molar-refractivity contribution is 6.07. The summed E-state index contributed by atoms with van der Waals surface area (Å²) in [7, 11) is 0. The Morgan fingerprint density at radius 1 is 1.16 bits per heavy atom. The smallest absolute Gasteiger partial charge is 0.319 e. The second kappa shape index (κ2) is 6.01. The van der Waals surface area contributed by atoms with Gasteiger partial charge in [0, 0.05) is 12.1 Å². The van der Waals surface area contributed by atoms with Gasteiger partial charge in [0.25, 0.3) is 11.6 Å². The van der Waals surface area contributed by atoms with Crippen molar-refractivity contribution in [2.75, 3.05) is 0 Å². The number of imide groups is 1. The Morgan fingerprint density at radius 2 is 1.84 bits per heavy atom. The second-order valence-electron chi connectivity index (χ2n) is 6.24. The number of nitro benzene ring substituents is 1. The van der Waals surface area contributed by atoms with Crippen molar-refractivity contribution in [3.8, 4) is 0 Å². The Kier molecular flexibility index (Phi) is 4.00. The molecule has 3 amide bonds. The van der Waals surface area contributed by atoms with E-state index in [1.165, 1.54) is 18.2 Å². The van der Waals surface area contributed by atoms with Gasteiger partial charge in [-0.15, -0.1) is 0 Å². The van der Waals surface area contributed by atoms with Gasteiger partial charge in [0.2, 0.25) is 0 Å². The zero-order valence-corrected chi connectivity index (χ0v) is 13.9. The minimum absolute atomic E-state index is 0.0200. The van der Waals surface area contributed by atoms with Gasteiger partial charge >= 0.3 is 6.03 Å². The van der Waals surface area contributed by atoms with Crippen LogP contribution in [-0.4, -0.2) is 21.8 Å². The molecule has 25 heavy (non-hydrogen) atoms. The molecule has 0 spiro atoms. The second-order valence-corrected chi connectivity index (χ2v) is 6.24. The van der Waals surface area contributed by atoms with Crippen molar-refractivity contribution in [3.05, 3.63) is 75.3 Å². The van der Waals surface area contributed by atoms with Gasteiger partial charge in [0.05, 0.1) is 11.5 Å². The molecule has 0 aromatic heterocycles. The van der Waals surface area contributed by atoms with Gasteiger partial charge in [-0.2, -0.15) is 0 Å². The molecule has 1 atom stereocenters. The summed E-state index contributed by atoms with van der Waals surface area (Å²) in [5.74, 6) is -0.382. The predicted molar refractivity (Wildman–Crippen MR) is 90.7 cm³/mol. The third-order valence-corrected chi connectivity index (χ3v) is 4.37. The molecule has 0 aliphatic carbocycles. The maximum Gasteiger partial charge on any atom is 0.325 e. The van der Waals surface area contributed by atoms with Crippen molar-refractivity contribution in [2.45, 2.75) is 25.9 Å². The molecule has 1 aliphatic rings. The number of urea groups is 1. The molecule has 2 aromatic carbocycles. The fourth-order valence-electron chi connectivity index (χ4n) is 2.87. The van der Waals surface area contributed by atoms with Gasteiger partial charge in [-0.05, 0) is 25.0 Å². The van der Waals surface area contributed by atoms with E-state index in [-0.39, 0.29) is 18.1 Å².